The second-order valence-corrected chi connectivity index (χ2v) is 4.82. The molecule has 0 amide bonds. The topological polar surface area (TPSA) is 30.5 Å². The Kier molecular flexibility index (Phi) is 6.98. The van der Waals surface area contributed by atoms with Crippen molar-refractivity contribution >= 4 is 0 Å². The predicted octanol–water partition coefficient (Wildman–Crippen LogP) is 3.62. The van der Waals surface area contributed by atoms with Crippen LogP contribution in [0.4, 0.5) is 13.2 Å². The fraction of sp³-hybridized carbons (Fsp3) is 0.600. The Morgan fingerprint density at radius 2 is 1.95 bits per heavy atom. The van der Waals surface area contributed by atoms with Crippen molar-refractivity contribution in [2.24, 2.45) is 0 Å². The molecule has 0 spiro atoms. The van der Waals surface area contributed by atoms with E-state index in [4.69, 9.17) is 4.74 Å². The van der Waals surface area contributed by atoms with Crippen LogP contribution in [0.1, 0.15) is 31.0 Å². The summed E-state index contributed by atoms with van der Waals surface area (Å²) in [5.41, 5.74) is 2.10. The molecule has 0 heterocycles. The Bertz CT molecular complexity index is 435. The van der Waals surface area contributed by atoms with Gasteiger partial charge in [-0.25, -0.2) is 0 Å². The number of rotatable bonds is 8. The van der Waals surface area contributed by atoms with Crippen LogP contribution in [-0.2, 0) is 4.74 Å². The molecule has 0 bridgehead atoms. The third-order valence-corrected chi connectivity index (χ3v) is 2.96. The van der Waals surface area contributed by atoms with Gasteiger partial charge in [-0.05, 0) is 37.6 Å². The van der Waals surface area contributed by atoms with Crippen LogP contribution >= 0.6 is 0 Å². The lowest BCUT2D eigenvalue weighted by molar-refractivity contribution is -0.175. The van der Waals surface area contributed by atoms with Crippen molar-refractivity contribution in [2.45, 2.75) is 33.0 Å². The highest BCUT2D eigenvalue weighted by Crippen LogP contribution is 2.22. The van der Waals surface area contributed by atoms with Gasteiger partial charge in [0.15, 0.2) is 0 Å². The number of hydrogen-bond acceptors (Lipinski definition) is 3. The maximum Gasteiger partial charge on any atom is 0.411 e. The quantitative estimate of drug-likeness (QED) is 0.744. The van der Waals surface area contributed by atoms with Crippen molar-refractivity contribution in [3.63, 3.8) is 0 Å². The molecule has 0 radical (unpaired) electrons. The van der Waals surface area contributed by atoms with Crippen LogP contribution in [0.15, 0.2) is 18.2 Å². The molecule has 1 unspecified atom stereocenters. The van der Waals surface area contributed by atoms with Crippen LogP contribution in [0.3, 0.4) is 0 Å². The molecule has 0 aromatic heterocycles. The van der Waals surface area contributed by atoms with E-state index in [1.54, 1.807) is 0 Å². The fourth-order valence-electron chi connectivity index (χ4n) is 1.93. The highest BCUT2D eigenvalue weighted by Gasteiger charge is 2.27. The monoisotopic (exact) mass is 305 g/mol. The van der Waals surface area contributed by atoms with Crippen molar-refractivity contribution in [3.05, 3.63) is 29.3 Å². The van der Waals surface area contributed by atoms with Gasteiger partial charge in [-0.15, -0.1) is 0 Å². The number of nitrogens with one attached hydrogen (secondary N) is 1. The molecule has 0 aliphatic rings. The van der Waals surface area contributed by atoms with Gasteiger partial charge in [0.05, 0.1) is 6.61 Å². The van der Waals surface area contributed by atoms with E-state index in [9.17, 15) is 13.2 Å². The van der Waals surface area contributed by atoms with E-state index in [0.29, 0.717) is 5.75 Å². The molecule has 1 atom stereocenters. The molecule has 120 valence electrons. The van der Waals surface area contributed by atoms with Crippen LogP contribution < -0.4 is 10.1 Å². The minimum atomic E-state index is -4.29. The Morgan fingerprint density at radius 3 is 2.52 bits per heavy atom. The summed E-state index contributed by atoms with van der Waals surface area (Å²) in [6.07, 6.45) is -4.29. The first kappa shape index (κ1) is 17.8. The van der Waals surface area contributed by atoms with Gasteiger partial charge < -0.3 is 14.8 Å². The lowest BCUT2D eigenvalue weighted by Gasteiger charge is -2.16. The minimum Gasteiger partial charge on any atom is -0.491 e. The Labute approximate surface area is 123 Å². The highest BCUT2D eigenvalue weighted by molar-refractivity contribution is 5.37. The number of aryl methyl sites for hydroxylation is 1. The molecule has 0 saturated carbocycles. The standard InChI is InChI=1S/C15H22F3NO2/c1-4-19-12(3)13-5-6-14(11(2)9-13)21-8-7-20-10-15(16,17)18/h5-6,9,12,19H,4,7-8,10H2,1-3H3. The first-order valence-corrected chi connectivity index (χ1v) is 6.94. The summed E-state index contributed by atoms with van der Waals surface area (Å²) in [4.78, 5) is 0. The number of halogens is 3. The van der Waals surface area contributed by atoms with Gasteiger partial charge in [0, 0.05) is 6.04 Å². The third-order valence-electron chi connectivity index (χ3n) is 2.96. The van der Waals surface area contributed by atoms with Crippen molar-refractivity contribution < 1.29 is 22.6 Å². The Balaban J connectivity index is 2.42. The van der Waals surface area contributed by atoms with Crippen molar-refractivity contribution in [1.82, 2.24) is 5.32 Å². The van der Waals surface area contributed by atoms with E-state index < -0.39 is 12.8 Å². The second kappa shape index (κ2) is 8.24. The number of benzene rings is 1. The first-order valence-electron chi connectivity index (χ1n) is 6.94. The van der Waals surface area contributed by atoms with E-state index in [1.165, 1.54) is 0 Å². The largest absolute Gasteiger partial charge is 0.491 e. The number of hydrogen-bond donors (Lipinski definition) is 1. The van der Waals surface area contributed by atoms with Crippen LogP contribution in [-0.4, -0.2) is 32.5 Å². The zero-order valence-electron chi connectivity index (χ0n) is 12.6. The molecular weight excluding hydrogens is 283 g/mol. The van der Waals surface area contributed by atoms with Crippen LogP contribution in [0.5, 0.6) is 5.75 Å². The number of alkyl halides is 3. The van der Waals surface area contributed by atoms with Crippen molar-refractivity contribution in [2.75, 3.05) is 26.4 Å². The maximum absolute atomic E-state index is 11.9. The average molecular weight is 305 g/mol. The van der Waals surface area contributed by atoms with E-state index in [-0.39, 0.29) is 19.3 Å². The molecule has 0 fully saturated rings. The molecule has 21 heavy (non-hydrogen) atoms. The predicted molar refractivity (Wildman–Crippen MR) is 75.6 cm³/mol. The van der Waals surface area contributed by atoms with Gasteiger partial charge in [0.1, 0.15) is 19.0 Å². The third kappa shape index (κ3) is 6.82. The fourth-order valence-corrected chi connectivity index (χ4v) is 1.93. The van der Waals surface area contributed by atoms with Crippen molar-refractivity contribution in [1.29, 1.82) is 0 Å². The summed E-state index contributed by atoms with van der Waals surface area (Å²) >= 11 is 0. The smallest absolute Gasteiger partial charge is 0.411 e. The van der Waals surface area contributed by atoms with Crippen LogP contribution in [0, 0.1) is 6.92 Å². The van der Waals surface area contributed by atoms with Crippen LogP contribution in [0.2, 0.25) is 0 Å². The summed E-state index contributed by atoms with van der Waals surface area (Å²) in [5, 5.41) is 3.32. The molecule has 0 saturated heterocycles. The maximum atomic E-state index is 11.9. The van der Waals surface area contributed by atoms with Gasteiger partial charge in [-0.1, -0.05) is 19.1 Å². The Hall–Kier alpha value is -1.27. The molecule has 0 aliphatic heterocycles. The molecular formula is C15H22F3NO2. The van der Waals surface area contributed by atoms with Gasteiger partial charge in [0.25, 0.3) is 0 Å². The molecule has 1 N–H and O–H groups in total. The minimum absolute atomic E-state index is 0.0888. The lowest BCUT2D eigenvalue weighted by atomic mass is 10.1. The summed E-state index contributed by atoms with van der Waals surface area (Å²) < 4.78 is 45.6. The SMILES string of the molecule is CCNC(C)c1ccc(OCCOCC(F)(F)F)c(C)c1. The Morgan fingerprint density at radius 1 is 1.24 bits per heavy atom. The second-order valence-electron chi connectivity index (χ2n) is 4.82. The van der Waals surface area contributed by atoms with E-state index in [2.05, 4.69) is 17.0 Å². The van der Waals surface area contributed by atoms with Gasteiger partial charge in [-0.3, -0.25) is 0 Å². The average Bonchev–Trinajstić information content (AvgIpc) is 2.39. The van der Waals surface area contributed by atoms with Gasteiger partial charge >= 0.3 is 6.18 Å². The zero-order chi connectivity index (χ0) is 15.9. The molecule has 1 aromatic carbocycles. The highest BCUT2D eigenvalue weighted by atomic mass is 19.4. The molecule has 6 heteroatoms. The lowest BCUT2D eigenvalue weighted by Crippen LogP contribution is -2.19. The number of ether oxygens (including phenoxy) is 2. The molecule has 1 aromatic rings. The van der Waals surface area contributed by atoms with E-state index >= 15 is 0 Å². The molecule has 0 aliphatic carbocycles. The summed E-state index contributed by atoms with van der Waals surface area (Å²) in [6, 6.07) is 6.05. The molecule has 1 rings (SSSR count). The summed E-state index contributed by atoms with van der Waals surface area (Å²) in [5.74, 6) is 0.665. The zero-order valence-corrected chi connectivity index (χ0v) is 12.6. The molecule has 3 nitrogen and oxygen atoms in total. The van der Waals surface area contributed by atoms with Gasteiger partial charge in [-0.2, -0.15) is 13.2 Å². The van der Waals surface area contributed by atoms with Crippen LogP contribution in [0.25, 0.3) is 0 Å². The summed E-state index contributed by atoms with van der Waals surface area (Å²) in [7, 11) is 0. The van der Waals surface area contributed by atoms with E-state index in [0.717, 1.165) is 17.7 Å². The van der Waals surface area contributed by atoms with Crippen molar-refractivity contribution in [3.8, 4) is 5.75 Å². The summed E-state index contributed by atoms with van der Waals surface area (Å²) in [6.45, 7) is 5.68. The van der Waals surface area contributed by atoms with Gasteiger partial charge in [0.2, 0.25) is 0 Å². The normalized spacial score (nSPS) is 13.2. The first-order chi connectivity index (χ1) is 9.83. The van der Waals surface area contributed by atoms with E-state index in [1.807, 2.05) is 32.0 Å².